The molecule has 1 rings (SSSR count). The van der Waals surface area contributed by atoms with Gasteiger partial charge in [0.15, 0.2) is 0 Å². The van der Waals surface area contributed by atoms with E-state index in [0.29, 0.717) is 6.42 Å². The van der Waals surface area contributed by atoms with Crippen molar-refractivity contribution >= 4 is 37.1 Å². The van der Waals surface area contributed by atoms with E-state index in [-0.39, 0.29) is 11.8 Å². The van der Waals surface area contributed by atoms with E-state index < -0.39 is 9.84 Å². The van der Waals surface area contributed by atoms with Crippen molar-refractivity contribution < 1.29 is 8.42 Å². The Labute approximate surface area is 108 Å². The molecule has 0 aliphatic carbocycles. The monoisotopic (exact) mass is 326 g/mol. The molecule has 16 heavy (non-hydrogen) atoms. The zero-order valence-electron chi connectivity index (χ0n) is 9.16. The van der Waals surface area contributed by atoms with Crippen LogP contribution in [-0.2, 0) is 9.84 Å². The van der Waals surface area contributed by atoms with Crippen LogP contribution in [-0.4, -0.2) is 20.4 Å². The van der Waals surface area contributed by atoms with Crippen LogP contribution in [0.1, 0.15) is 22.9 Å². The normalized spacial score (nSPS) is 14.0. The van der Waals surface area contributed by atoms with E-state index in [9.17, 15) is 8.42 Å². The van der Waals surface area contributed by atoms with Crippen molar-refractivity contribution in [3.05, 3.63) is 20.3 Å². The molecule has 1 aromatic heterocycles. The highest BCUT2D eigenvalue weighted by atomic mass is 79.9. The number of hydrogen-bond acceptors (Lipinski definition) is 5. The first-order valence-corrected chi connectivity index (χ1v) is 8.40. The molecular weight excluding hydrogens is 312 g/mol. The van der Waals surface area contributed by atoms with Crippen LogP contribution < -0.4 is 11.3 Å². The van der Waals surface area contributed by atoms with Gasteiger partial charge < -0.3 is 0 Å². The molecule has 1 atom stereocenters. The summed E-state index contributed by atoms with van der Waals surface area (Å²) in [6.45, 7) is 1.99. The lowest BCUT2D eigenvalue weighted by Crippen LogP contribution is -2.29. The van der Waals surface area contributed by atoms with E-state index in [4.69, 9.17) is 5.84 Å². The summed E-state index contributed by atoms with van der Waals surface area (Å²) in [5.41, 5.74) is 3.80. The molecule has 0 amide bonds. The maximum atomic E-state index is 11.1. The molecule has 1 heterocycles. The minimum Gasteiger partial charge on any atom is -0.271 e. The zero-order valence-corrected chi connectivity index (χ0v) is 12.4. The minimum atomic E-state index is -2.94. The number of thiophene rings is 1. The molecule has 0 bridgehead atoms. The van der Waals surface area contributed by atoms with E-state index in [0.717, 1.165) is 14.2 Å². The summed E-state index contributed by atoms with van der Waals surface area (Å²) >= 11 is 5.01. The summed E-state index contributed by atoms with van der Waals surface area (Å²) in [7, 11) is -2.94. The number of halogens is 1. The molecule has 7 heteroatoms. The van der Waals surface area contributed by atoms with Gasteiger partial charge >= 0.3 is 0 Å². The van der Waals surface area contributed by atoms with Gasteiger partial charge in [-0.05, 0) is 40.9 Å². The SMILES string of the molecule is Cc1cc(C(CCS(C)(=O)=O)NN)sc1Br. The number of hydrogen-bond donors (Lipinski definition) is 2. The van der Waals surface area contributed by atoms with Gasteiger partial charge in [-0.3, -0.25) is 11.3 Å². The number of rotatable bonds is 5. The number of hydrazine groups is 1. The summed E-state index contributed by atoms with van der Waals surface area (Å²) in [6.07, 6.45) is 1.72. The highest BCUT2D eigenvalue weighted by Gasteiger charge is 2.16. The van der Waals surface area contributed by atoms with Gasteiger partial charge in [0.25, 0.3) is 0 Å². The molecule has 0 spiro atoms. The average molecular weight is 327 g/mol. The highest BCUT2D eigenvalue weighted by Crippen LogP contribution is 2.32. The highest BCUT2D eigenvalue weighted by molar-refractivity contribution is 9.11. The molecule has 0 aromatic carbocycles. The fraction of sp³-hybridized carbons (Fsp3) is 0.556. The van der Waals surface area contributed by atoms with Crippen molar-refractivity contribution in [2.24, 2.45) is 5.84 Å². The largest absolute Gasteiger partial charge is 0.271 e. The first-order valence-electron chi connectivity index (χ1n) is 4.73. The number of sulfone groups is 1. The Morgan fingerprint density at radius 1 is 1.62 bits per heavy atom. The molecule has 3 N–H and O–H groups in total. The van der Waals surface area contributed by atoms with Gasteiger partial charge in [0.05, 0.1) is 15.6 Å². The Morgan fingerprint density at radius 3 is 2.62 bits per heavy atom. The minimum absolute atomic E-state index is 0.107. The summed E-state index contributed by atoms with van der Waals surface area (Å²) in [5.74, 6) is 5.58. The molecule has 0 fully saturated rings. The maximum absolute atomic E-state index is 11.1. The third-order valence-corrected chi connectivity index (χ3v) is 5.43. The zero-order chi connectivity index (χ0) is 12.3. The Bertz CT molecular complexity index is 437. The molecule has 92 valence electrons. The lowest BCUT2D eigenvalue weighted by molar-refractivity contribution is 0.538. The molecule has 1 unspecified atom stereocenters. The first-order chi connectivity index (χ1) is 7.33. The molecule has 0 aliphatic heterocycles. The van der Waals surface area contributed by atoms with Crippen molar-refractivity contribution in [2.45, 2.75) is 19.4 Å². The lowest BCUT2D eigenvalue weighted by atomic mass is 10.2. The van der Waals surface area contributed by atoms with Crippen LogP contribution in [0.3, 0.4) is 0 Å². The average Bonchev–Trinajstić information content (AvgIpc) is 2.46. The van der Waals surface area contributed by atoms with Gasteiger partial charge in [0, 0.05) is 11.1 Å². The van der Waals surface area contributed by atoms with Crippen LogP contribution in [0.25, 0.3) is 0 Å². The van der Waals surface area contributed by atoms with Gasteiger partial charge in [0.2, 0.25) is 0 Å². The van der Waals surface area contributed by atoms with Gasteiger partial charge in [-0.1, -0.05) is 0 Å². The fourth-order valence-electron chi connectivity index (χ4n) is 1.29. The Morgan fingerprint density at radius 2 is 2.25 bits per heavy atom. The van der Waals surface area contributed by atoms with E-state index in [2.05, 4.69) is 21.4 Å². The van der Waals surface area contributed by atoms with Crippen molar-refractivity contribution in [3.63, 3.8) is 0 Å². The second-order valence-corrected chi connectivity index (χ2v) is 8.40. The quantitative estimate of drug-likeness (QED) is 0.638. The Kier molecular flexibility index (Phi) is 4.93. The van der Waals surface area contributed by atoms with E-state index >= 15 is 0 Å². The van der Waals surface area contributed by atoms with Crippen molar-refractivity contribution in [1.82, 2.24) is 5.43 Å². The van der Waals surface area contributed by atoms with Crippen LogP contribution in [0.2, 0.25) is 0 Å². The second kappa shape index (κ2) is 5.59. The van der Waals surface area contributed by atoms with Crippen LogP contribution >= 0.6 is 27.3 Å². The van der Waals surface area contributed by atoms with Crippen LogP contribution in [0.4, 0.5) is 0 Å². The molecule has 0 radical (unpaired) electrons. The first kappa shape index (κ1) is 14.1. The van der Waals surface area contributed by atoms with Gasteiger partial charge in [-0.25, -0.2) is 8.42 Å². The van der Waals surface area contributed by atoms with Crippen molar-refractivity contribution in [2.75, 3.05) is 12.0 Å². The summed E-state index contributed by atoms with van der Waals surface area (Å²) in [5, 5.41) is 0. The standard InChI is InChI=1S/C9H15BrN2O2S2/c1-6-5-8(15-9(6)10)7(12-11)3-4-16(2,13)14/h5,7,12H,3-4,11H2,1-2H3. The van der Waals surface area contributed by atoms with Crippen LogP contribution in [0.5, 0.6) is 0 Å². The van der Waals surface area contributed by atoms with Crippen LogP contribution in [0.15, 0.2) is 9.85 Å². The molecule has 1 aromatic rings. The Balaban J connectivity index is 2.75. The summed E-state index contributed by atoms with van der Waals surface area (Å²) < 4.78 is 23.2. The van der Waals surface area contributed by atoms with Crippen molar-refractivity contribution in [3.8, 4) is 0 Å². The molecular formula is C9H15BrN2O2S2. The third-order valence-electron chi connectivity index (χ3n) is 2.20. The maximum Gasteiger partial charge on any atom is 0.147 e. The van der Waals surface area contributed by atoms with Crippen LogP contribution in [0, 0.1) is 6.92 Å². The molecule has 0 saturated heterocycles. The molecule has 0 aliphatic rings. The van der Waals surface area contributed by atoms with Gasteiger partial charge in [-0.15, -0.1) is 11.3 Å². The Hall–Kier alpha value is 0.0500. The van der Waals surface area contributed by atoms with Gasteiger partial charge in [-0.2, -0.15) is 0 Å². The smallest absolute Gasteiger partial charge is 0.147 e. The molecule has 4 nitrogen and oxygen atoms in total. The van der Waals surface area contributed by atoms with E-state index in [1.807, 2.05) is 13.0 Å². The second-order valence-electron chi connectivity index (χ2n) is 3.74. The third kappa shape index (κ3) is 4.14. The number of aryl methyl sites for hydroxylation is 1. The number of nitrogens with two attached hydrogens (primary N) is 1. The topological polar surface area (TPSA) is 72.2 Å². The number of nitrogens with one attached hydrogen (secondary N) is 1. The van der Waals surface area contributed by atoms with E-state index in [1.165, 1.54) is 6.26 Å². The summed E-state index contributed by atoms with van der Waals surface area (Å²) in [4.78, 5) is 1.05. The van der Waals surface area contributed by atoms with E-state index in [1.54, 1.807) is 11.3 Å². The molecule has 0 saturated carbocycles. The fourth-order valence-corrected chi connectivity index (χ4v) is 3.62. The lowest BCUT2D eigenvalue weighted by Gasteiger charge is -2.12. The predicted molar refractivity (Wildman–Crippen MR) is 71.1 cm³/mol. The van der Waals surface area contributed by atoms with Crippen molar-refractivity contribution in [1.29, 1.82) is 0 Å². The van der Waals surface area contributed by atoms with Gasteiger partial charge in [0.1, 0.15) is 9.84 Å². The summed E-state index contributed by atoms with van der Waals surface area (Å²) in [6, 6.07) is 1.91. The predicted octanol–water partition coefficient (Wildman–Crippen LogP) is 1.76.